The number of phenolic OH excluding ortho intramolecular Hbond substituents is 1. The van der Waals surface area contributed by atoms with E-state index in [0.717, 1.165) is 18.6 Å². The van der Waals surface area contributed by atoms with Crippen molar-refractivity contribution in [3.8, 4) is 11.5 Å². The van der Waals surface area contributed by atoms with E-state index in [-0.39, 0.29) is 6.29 Å². The molecule has 136 valence electrons. The number of aromatic hydroxyl groups is 1. The zero-order valence-electron chi connectivity index (χ0n) is 15.7. The topological polar surface area (TPSA) is 38.7 Å². The van der Waals surface area contributed by atoms with Gasteiger partial charge in [-0.1, -0.05) is 38.1 Å². The van der Waals surface area contributed by atoms with Gasteiger partial charge in [-0.25, -0.2) is 0 Å². The fourth-order valence-corrected chi connectivity index (χ4v) is 3.22. The van der Waals surface area contributed by atoms with Crippen molar-refractivity contribution in [2.45, 2.75) is 58.7 Å². The molecule has 2 aromatic rings. The van der Waals surface area contributed by atoms with Crippen molar-refractivity contribution in [1.82, 2.24) is 0 Å². The molecule has 2 rings (SSSR count). The number of rotatable bonds is 9. The smallest absolute Gasteiger partial charge is 0.196 e. The Kier molecular flexibility index (Phi) is 7.32. The molecule has 25 heavy (non-hydrogen) atoms. The van der Waals surface area contributed by atoms with Crippen LogP contribution in [0.25, 0.3) is 0 Å². The number of hydrogen-bond acceptors (Lipinski definition) is 3. The summed E-state index contributed by atoms with van der Waals surface area (Å²) in [7, 11) is 0. The van der Waals surface area contributed by atoms with Gasteiger partial charge in [0.2, 0.25) is 0 Å². The Morgan fingerprint density at radius 3 is 2.28 bits per heavy atom. The van der Waals surface area contributed by atoms with Gasteiger partial charge in [0.1, 0.15) is 11.5 Å². The van der Waals surface area contributed by atoms with Crippen LogP contribution in [0.4, 0.5) is 0 Å². The molecule has 0 bridgehead atoms. The molecule has 3 heteroatoms. The normalized spacial score (nSPS) is 14.7. The second kappa shape index (κ2) is 9.47. The number of ether oxygens (including phenoxy) is 2. The third-order valence-corrected chi connectivity index (χ3v) is 4.63. The van der Waals surface area contributed by atoms with Gasteiger partial charge in [0, 0.05) is 6.61 Å². The molecular formula is C22H30O3. The maximum absolute atomic E-state index is 9.73. The molecule has 0 spiro atoms. The molecule has 3 atom stereocenters. The Labute approximate surface area is 151 Å². The van der Waals surface area contributed by atoms with Crippen molar-refractivity contribution in [1.29, 1.82) is 0 Å². The third kappa shape index (κ3) is 5.79. The molecule has 0 fully saturated rings. The Hall–Kier alpha value is -2.00. The summed E-state index contributed by atoms with van der Waals surface area (Å²) in [6.45, 7) is 8.96. The lowest BCUT2D eigenvalue weighted by Crippen LogP contribution is -2.15. The maximum atomic E-state index is 9.73. The predicted molar refractivity (Wildman–Crippen MR) is 102 cm³/mol. The average molecular weight is 342 g/mol. The molecule has 0 amide bonds. The molecule has 0 heterocycles. The molecule has 0 aliphatic carbocycles. The largest absolute Gasteiger partial charge is 0.508 e. The summed E-state index contributed by atoms with van der Waals surface area (Å²) in [5, 5.41) is 9.73. The molecular weight excluding hydrogens is 312 g/mol. The van der Waals surface area contributed by atoms with Crippen LogP contribution in [-0.4, -0.2) is 18.0 Å². The highest BCUT2D eigenvalue weighted by Gasteiger charge is 2.16. The van der Waals surface area contributed by atoms with Crippen LogP contribution in [0, 0.1) is 0 Å². The number of phenols is 1. The summed E-state index contributed by atoms with van der Waals surface area (Å²) >= 11 is 0. The first-order valence-electron chi connectivity index (χ1n) is 9.20. The Morgan fingerprint density at radius 2 is 1.68 bits per heavy atom. The third-order valence-electron chi connectivity index (χ3n) is 4.63. The van der Waals surface area contributed by atoms with Crippen LogP contribution in [-0.2, 0) is 4.74 Å². The highest BCUT2D eigenvalue weighted by Crippen LogP contribution is 2.33. The maximum Gasteiger partial charge on any atom is 0.196 e. The molecule has 0 saturated carbocycles. The van der Waals surface area contributed by atoms with Crippen molar-refractivity contribution in [3.63, 3.8) is 0 Å². The van der Waals surface area contributed by atoms with Crippen LogP contribution >= 0.6 is 0 Å². The monoisotopic (exact) mass is 342 g/mol. The summed E-state index contributed by atoms with van der Waals surface area (Å²) < 4.78 is 11.1. The van der Waals surface area contributed by atoms with E-state index in [1.165, 1.54) is 11.1 Å². The van der Waals surface area contributed by atoms with E-state index in [4.69, 9.17) is 9.47 Å². The summed E-state index contributed by atoms with van der Waals surface area (Å²) in [5.74, 6) is 2.05. The van der Waals surface area contributed by atoms with E-state index in [1.807, 2.05) is 38.1 Å². The Bertz CT molecular complexity index is 636. The first-order chi connectivity index (χ1) is 12.0. The minimum absolute atomic E-state index is 0.233. The van der Waals surface area contributed by atoms with Gasteiger partial charge in [-0.2, -0.15) is 0 Å². The van der Waals surface area contributed by atoms with Gasteiger partial charge >= 0.3 is 0 Å². The van der Waals surface area contributed by atoms with Crippen molar-refractivity contribution in [3.05, 3.63) is 59.7 Å². The molecule has 0 saturated heterocycles. The molecule has 0 aliphatic rings. The van der Waals surface area contributed by atoms with E-state index in [9.17, 15) is 5.11 Å². The van der Waals surface area contributed by atoms with Crippen molar-refractivity contribution >= 4 is 0 Å². The van der Waals surface area contributed by atoms with Crippen LogP contribution in [0.5, 0.6) is 11.5 Å². The zero-order valence-corrected chi connectivity index (χ0v) is 15.7. The van der Waals surface area contributed by atoms with E-state index >= 15 is 0 Å². The summed E-state index contributed by atoms with van der Waals surface area (Å²) in [5.41, 5.74) is 2.51. The van der Waals surface area contributed by atoms with Crippen LogP contribution in [0.1, 0.15) is 63.5 Å². The fraction of sp³-hybridized carbons (Fsp3) is 0.455. The van der Waals surface area contributed by atoms with Crippen LogP contribution in [0.3, 0.4) is 0 Å². The number of benzene rings is 2. The predicted octanol–water partition coefficient (Wildman–Crippen LogP) is 5.84. The van der Waals surface area contributed by atoms with E-state index in [1.54, 1.807) is 6.07 Å². The second-order valence-electron chi connectivity index (χ2n) is 6.55. The van der Waals surface area contributed by atoms with Gasteiger partial charge in [0.05, 0.1) is 0 Å². The number of hydrogen-bond donors (Lipinski definition) is 1. The highest BCUT2D eigenvalue weighted by molar-refractivity contribution is 5.32. The lowest BCUT2D eigenvalue weighted by Gasteiger charge is -2.21. The summed E-state index contributed by atoms with van der Waals surface area (Å²) in [4.78, 5) is 0. The van der Waals surface area contributed by atoms with Gasteiger partial charge < -0.3 is 14.6 Å². The highest BCUT2D eigenvalue weighted by atomic mass is 16.7. The van der Waals surface area contributed by atoms with Gasteiger partial charge in [-0.05, 0) is 73.9 Å². The average Bonchev–Trinajstić information content (AvgIpc) is 2.60. The van der Waals surface area contributed by atoms with Gasteiger partial charge in [0.25, 0.3) is 0 Å². The molecule has 3 unspecified atom stereocenters. The standard InChI is InChI=1S/C22H30O3/c1-5-18(20-8-7-9-21(23)15-20)14-16(3)19-10-12-22(13-11-19)25-17(4)24-6-2/h7-13,15-18,23H,5-6,14H2,1-4H3. The summed E-state index contributed by atoms with van der Waals surface area (Å²) in [6, 6.07) is 15.9. The van der Waals surface area contributed by atoms with Crippen LogP contribution < -0.4 is 4.74 Å². The fourth-order valence-electron chi connectivity index (χ4n) is 3.22. The van der Waals surface area contributed by atoms with E-state index in [0.29, 0.717) is 24.2 Å². The lowest BCUT2D eigenvalue weighted by atomic mass is 9.84. The van der Waals surface area contributed by atoms with Gasteiger partial charge in [-0.3, -0.25) is 0 Å². The van der Waals surface area contributed by atoms with Crippen molar-refractivity contribution < 1.29 is 14.6 Å². The lowest BCUT2D eigenvalue weighted by molar-refractivity contribution is -0.0613. The van der Waals surface area contributed by atoms with Crippen LogP contribution in [0.15, 0.2) is 48.5 Å². The van der Waals surface area contributed by atoms with E-state index in [2.05, 4.69) is 32.0 Å². The quantitative estimate of drug-likeness (QED) is 0.582. The van der Waals surface area contributed by atoms with Crippen molar-refractivity contribution in [2.75, 3.05) is 6.61 Å². The second-order valence-corrected chi connectivity index (χ2v) is 6.55. The van der Waals surface area contributed by atoms with Crippen molar-refractivity contribution in [2.24, 2.45) is 0 Å². The molecule has 0 aromatic heterocycles. The zero-order chi connectivity index (χ0) is 18.2. The molecule has 0 aliphatic heterocycles. The van der Waals surface area contributed by atoms with Gasteiger partial charge in [0.15, 0.2) is 6.29 Å². The van der Waals surface area contributed by atoms with Gasteiger partial charge in [-0.15, -0.1) is 0 Å². The molecule has 0 radical (unpaired) electrons. The Balaban J connectivity index is 2.00. The Morgan fingerprint density at radius 1 is 0.960 bits per heavy atom. The first kappa shape index (κ1) is 19.3. The molecule has 3 nitrogen and oxygen atoms in total. The van der Waals surface area contributed by atoms with Crippen LogP contribution in [0.2, 0.25) is 0 Å². The molecule has 1 N–H and O–H groups in total. The molecule has 2 aromatic carbocycles. The van der Waals surface area contributed by atoms with E-state index < -0.39 is 0 Å². The summed E-state index contributed by atoms with van der Waals surface area (Å²) in [6.07, 6.45) is 1.87. The minimum Gasteiger partial charge on any atom is -0.508 e. The SMILES string of the molecule is CCOC(C)Oc1ccc(C(C)CC(CC)c2cccc(O)c2)cc1. The first-order valence-corrected chi connectivity index (χ1v) is 9.20. The minimum atomic E-state index is -0.233.